The molecular formula is C8H7FNOS. The standard InChI is InChI=1S/C8H7FNOS/c9-6-3-1-2-4-7(6)12-5-8(10)11/h1-4,10H,5H2. The molecule has 0 heterocycles. The summed E-state index contributed by atoms with van der Waals surface area (Å²) in [5.74, 6) is -1.03. The van der Waals surface area contributed by atoms with Gasteiger partial charge in [-0.05, 0) is 12.1 Å². The zero-order valence-electron chi connectivity index (χ0n) is 6.21. The second kappa shape index (κ2) is 4.11. The van der Waals surface area contributed by atoms with Crippen LogP contribution in [0.1, 0.15) is 0 Å². The molecule has 0 bridgehead atoms. The maximum atomic E-state index is 12.8. The van der Waals surface area contributed by atoms with Gasteiger partial charge in [0.2, 0.25) is 5.91 Å². The van der Waals surface area contributed by atoms with E-state index in [1.54, 1.807) is 18.2 Å². The molecule has 0 aliphatic heterocycles. The molecule has 1 rings (SSSR count). The summed E-state index contributed by atoms with van der Waals surface area (Å²) in [4.78, 5) is 10.7. The lowest BCUT2D eigenvalue weighted by Crippen LogP contribution is -2.00. The van der Waals surface area contributed by atoms with Crippen molar-refractivity contribution in [1.29, 1.82) is 0 Å². The third kappa shape index (κ3) is 2.54. The first-order valence-electron chi connectivity index (χ1n) is 3.32. The minimum absolute atomic E-state index is 0.000926. The van der Waals surface area contributed by atoms with Crippen LogP contribution in [0.3, 0.4) is 0 Å². The SMILES string of the molecule is [NH]C(=O)CSc1ccccc1F. The lowest BCUT2D eigenvalue weighted by atomic mass is 10.3. The van der Waals surface area contributed by atoms with Gasteiger partial charge in [-0.15, -0.1) is 11.8 Å². The highest BCUT2D eigenvalue weighted by Crippen LogP contribution is 2.20. The lowest BCUT2D eigenvalue weighted by molar-refractivity contribution is -0.116. The Morgan fingerprint density at radius 1 is 1.50 bits per heavy atom. The van der Waals surface area contributed by atoms with E-state index in [1.807, 2.05) is 0 Å². The third-order valence-corrected chi connectivity index (χ3v) is 2.24. The van der Waals surface area contributed by atoms with E-state index in [2.05, 4.69) is 0 Å². The summed E-state index contributed by atoms with van der Waals surface area (Å²) >= 11 is 1.04. The van der Waals surface area contributed by atoms with Crippen LogP contribution in [0.2, 0.25) is 0 Å². The first kappa shape index (κ1) is 9.06. The monoisotopic (exact) mass is 184 g/mol. The first-order chi connectivity index (χ1) is 5.70. The third-order valence-electron chi connectivity index (χ3n) is 1.20. The molecule has 0 aliphatic rings. The molecule has 0 saturated heterocycles. The molecule has 1 N–H and O–H groups in total. The Morgan fingerprint density at radius 2 is 2.17 bits per heavy atom. The molecular weight excluding hydrogens is 177 g/mol. The van der Waals surface area contributed by atoms with Gasteiger partial charge in [0.05, 0.1) is 5.75 Å². The predicted molar refractivity (Wildman–Crippen MR) is 45.2 cm³/mol. The number of rotatable bonds is 3. The summed E-state index contributed by atoms with van der Waals surface area (Å²) in [5, 5.41) is 0. The maximum absolute atomic E-state index is 12.8. The van der Waals surface area contributed by atoms with Gasteiger partial charge >= 0.3 is 0 Å². The van der Waals surface area contributed by atoms with E-state index in [1.165, 1.54) is 6.07 Å². The molecule has 1 radical (unpaired) electrons. The molecule has 1 aromatic rings. The lowest BCUT2D eigenvalue weighted by Gasteiger charge is -1.98. The van der Waals surface area contributed by atoms with E-state index in [0.717, 1.165) is 11.8 Å². The van der Waals surface area contributed by atoms with Crippen molar-refractivity contribution in [2.45, 2.75) is 4.90 Å². The molecule has 0 aromatic heterocycles. The number of halogens is 1. The van der Waals surface area contributed by atoms with E-state index in [0.29, 0.717) is 4.90 Å². The normalized spacial score (nSPS) is 9.75. The Morgan fingerprint density at radius 3 is 2.75 bits per heavy atom. The molecule has 0 saturated carbocycles. The molecule has 0 aliphatic carbocycles. The number of carbonyl (C=O) groups excluding carboxylic acids is 1. The number of amides is 1. The Balaban J connectivity index is 2.63. The van der Waals surface area contributed by atoms with Crippen molar-refractivity contribution in [1.82, 2.24) is 5.73 Å². The Hall–Kier alpha value is -1.03. The Bertz CT molecular complexity index is 290. The van der Waals surface area contributed by atoms with Crippen molar-refractivity contribution < 1.29 is 9.18 Å². The molecule has 4 heteroatoms. The van der Waals surface area contributed by atoms with Gasteiger partial charge in [-0.2, -0.15) is 0 Å². The average Bonchev–Trinajstić information content (AvgIpc) is 2.03. The van der Waals surface area contributed by atoms with Crippen molar-refractivity contribution in [3.63, 3.8) is 0 Å². The van der Waals surface area contributed by atoms with Crippen LogP contribution >= 0.6 is 11.8 Å². The van der Waals surface area contributed by atoms with Gasteiger partial charge in [0.15, 0.2) is 0 Å². The summed E-state index contributed by atoms with van der Waals surface area (Å²) in [6.45, 7) is 0. The minimum Gasteiger partial charge on any atom is -0.272 e. The second-order valence-electron chi connectivity index (χ2n) is 2.14. The van der Waals surface area contributed by atoms with Crippen LogP contribution in [0.4, 0.5) is 4.39 Å². The molecule has 1 amide bonds. The first-order valence-corrected chi connectivity index (χ1v) is 4.30. The van der Waals surface area contributed by atoms with Gasteiger partial charge in [-0.3, -0.25) is 10.5 Å². The number of nitrogens with one attached hydrogen (secondary N) is 1. The van der Waals surface area contributed by atoms with Crippen molar-refractivity contribution >= 4 is 17.7 Å². The largest absolute Gasteiger partial charge is 0.272 e. The molecule has 0 unspecified atom stereocenters. The van der Waals surface area contributed by atoms with E-state index in [4.69, 9.17) is 5.73 Å². The van der Waals surface area contributed by atoms with Crippen LogP contribution in [0.25, 0.3) is 0 Å². The highest BCUT2D eigenvalue weighted by molar-refractivity contribution is 8.00. The van der Waals surface area contributed by atoms with Crippen molar-refractivity contribution in [3.8, 4) is 0 Å². The maximum Gasteiger partial charge on any atom is 0.248 e. The summed E-state index contributed by atoms with van der Waals surface area (Å²) in [6.07, 6.45) is 0. The number of hydrogen-bond donors (Lipinski definition) is 0. The summed E-state index contributed by atoms with van der Waals surface area (Å²) < 4.78 is 12.8. The number of benzene rings is 1. The molecule has 0 spiro atoms. The fraction of sp³-hybridized carbons (Fsp3) is 0.125. The van der Waals surface area contributed by atoms with E-state index in [-0.39, 0.29) is 11.6 Å². The van der Waals surface area contributed by atoms with Gasteiger partial charge in [0, 0.05) is 4.90 Å². The smallest absolute Gasteiger partial charge is 0.248 e. The van der Waals surface area contributed by atoms with Crippen molar-refractivity contribution in [2.24, 2.45) is 0 Å². The summed E-state index contributed by atoms with van der Waals surface area (Å²) in [6, 6.07) is 6.20. The quantitative estimate of drug-likeness (QED) is 0.671. The fourth-order valence-electron chi connectivity index (χ4n) is 0.705. The van der Waals surface area contributed by atoms with E-state index in [9.17, 15) is 9.18 Å². The van der Waals surface area contributed by atoms with Gasteiger partial charge in [0.25, 0.3) is 0 Å². The average molecular weight is 184 g/mol. The van der Waals surface area contributed by atoms with Crippen LogP contribution in [0.5, 0.6) is 0 Å². The molecule has 2 nitrogen and oxygen atoms in total. The summed E-state index contributed by atoms with van der Waals surface area (Å²) in [5.41, 5.74) is 6.62. The van der Waals surface area contributed by atoms with Crippen LogP contribution < -0.4 is 5.73 Å². The topological polar surface area (TPSA) is 40.9 Å². The predicted octanol–water partition coefficient (Wildman–Crippen LogP) is 1.73. The highest BCUT2D eigenvalue weighted by atomic mass is 32.2. The second-order valence-corrected chi connectivity index (χ2v) is 3.16. The molecule has 12 heavy (non-hydrogen) atoms. The zero-order chi connectivity index (χ0) is 8.97. The molecule has 0 fully saturated rings. The molecule has 1 aromatic carbocycles. The Labute approximate surface area is 74.0 Å². The van der Waals surface area contributed by atoms with Crippen LogP contribution in [-0.2, 0) is 4.79 Å². The molecule has 0 atom stereocenters. The fourth-order valence-corrected chi connectivity index (χ4v) is 1.37. The molecule has 63 valence electrons. The number of hydrogen-bond acceptors (Lipinski definition) is 2. The summed E-state index contributed by atoms with van der Waals surface area (Å²) in [7, 11) is 0. The van der Waals surface area contributed by atoms with Gasteiger partial charge in [-0.1, -0.05) is 12.1 Å². The van der Waals surface area contributed by atoms with E-state index < -0.39 is 5.91 Å². The van der Waals surface area contributed by atoms with Gasteiger partial charge in [-0.25, -0.2) is 4.39 Å². The van der Waals surface area contributed by atoms with E-state index >= 15 is 0 Å². The van der Waals surface area contributed by atoms with Crippen LogP contribution in [0.15, 0.2) is 29.2 Å². The van der Waals surface area contributed by atoms with Crippen molar-refractivity contribution in [3.05, 3.63) is 30.1 Å². The number of carbonyl (C=O) groups is 1. The van der Waals surface area contributed by atoms with Gasteiger partial charge < -0.3 is 0 Å². The highest BCUT2D eigenvalue weighted by Gasteiger charge is 2.02. The van der Waals surface area contributed by atoms with Crippen LogP contribution in [-0.4, -0.2) is 11.7 Å². The van der Waals surface area contributed by atoms with Gasteiger partial charge in [0.1, 0.15) is 5.82 Å². The Kier molecular flexibility index (Phi) is 3.10. The van der Waals surface area contributed by atoms with Crippen molar-refractivity contribution in [2.75, 3.05) is 5.75 Å². The zero-order valence-corrected chi connectivity index (χ0v) is 7.03. The number of thioether (sulfide) groups is 1. The van der Waals surface area contributed by atoms with Crippen LogP contribution in [0, 0.1) is 5.82 Å². The minimum atomic E-state index is -0.691.